The fourth-order valence-corrected chi connectivity index (χ4v) is 1.52. The van der Waals surface area contributed by atoms with E-state index in [-0.39, 0.29) is 23.1 Å². The van der Waals surface area contributed by atoms with Crippen molar-refractivity contribution in [1.82, 2.24) is 9.97 Å². The van der Waals surface area contributed by atoms with Crippen molar-refractivity contribution in [3.8, 4) is 0 Å². The topological polar surface area (TPSA) is 99.9 Å². The first-order valence-electron chi connectivity index (χ1n) is 5.05. The van der Waals surface area contributed by atoms with E-state index in [9.17, 15) is 19.2 Å². The zero-order chi connectivity index (χ0) is 13.1. The Hall–Kier alpha value is -2.76. The van der Waals surface area contributed by atoms with Gasteiger partial charge in [0.2, 0.25) is 5.78 Å². The number of hydrogen-bond donors (Lipinski definition) is 2. The Labute approximate surface area is 100 Å². The Balaban J connectivity index is 2.65. The highest BCUT2D eigenvalue weighted by Gasteiger charge is 2.17. The molecule has 0 unspecified atom stereocenters. The van der Waals surface area contributed by atoms with Crippen molar-refractivity contribution in [3.05, 3.63) is 68.0 Å². The first-order chi connectivity index (χ1) is 8.63. The molecule has 2 N–H and O–H groups in total. The van der Waals surface area contributed by atoms with E-state index in [0.29, 0.717) is 0 Å². The lowest BCUT2D eigenvalue weighted by Gasteiger charge is -2.02. The van der Waals surface area contributed by atoms with Gasteiger partial charge in [-0.15, -0.1) is 0 Å². The third-order valence-corrected chi connectivity index (χ3v) is 2.36. The van der Waals surface area contributed by atoms with Crippen molar-refractivity contribution in [1.29, 1.82) is 0 Å². The van der Waals surface area contributed by atoms with E-state index in [1.165, 1.54) is 12.1 Å². The molecule has 2 rings (SSSR count). The van der Waals surface area contributed by atoms with Gasteiger partial charge in [0.15, 0.2) is 6.29 Å². The molecule has 1 heterocycles. The highest BCUT2D eigenvalue weighted by Crippen LogP contribution is 2.07. The molecule has 0 bridgehead atoms. The Morgan fingerprint density at radius 2 is 1.72 bits per heavy atom. The molecule has 0 aliphatic rings. The van der Waals surface area contributed by atoms with Crippen LogP contribution in [0.5, 0.6) is 0 Å². The number of nitrogens with one attached hydrogen (secondary N) is 2. The highest BCUT2D eigenvalue weighted by molar-refractivity contribution is 6.11. The number of carbonyl (C=O) groups is 2. The second kappa shape index (κ2) is 4.62. The molecule has 0 spiro atoms. The Morgan fingerprint density at radius 3 is 2.33 bits per heavy atom. The van der Waals surface area contributed by atoms with Gasteiger partial charge in [-0.2, -0.15) is 0 Å². The van der Waals surface area contributed by atoms with Gasteiger partial charge in [0.05, 0.1) is 0 Å². The molecule has 1 aromatic heterocycles. The van der Waals surface area contributed by atoms with Gasteiger partial charge in [-0.05, 0) is 0 Å². The van der Waals surface area contributed by atoms with Gasteiger partial charge in [0.25, 0.3) is 5.56 Å². The molecule has 0 aliphatic carbocycles. The number of rotatable bonds is 3. The number of carbonyl (C=O) groups excluding carboxylic acids is 2. The molecule has 0 radical (unpaired) electrons. The summed E-state index contributed by atoms with van der Waals surface area (Å²) in [6, 6.07) is 8.04. The molecule has 6 nitrogen and oxygen atoms in total. The van der Waals surface area contributed by atoms with Gasteiger partial charge in [-0.1, -0.05) is 30.3 Å². The second-order valence-corrected chi connectivity index (χ2v) is 3.51. The van der Waals surface area contributed by atoms with Crippen LogP contribution in [-0.4, -0.2) is 22.0 Å². The molecule has 0 saturated heterocycles. The molecule has 0 amide bonds. The normalized spacial score (nSPS) is 10.0. The highest BCUT2D eigenvalue weighted by atomic mass is 16.2. The van der Waals surface area contributed by atoms with Crippen LogP contribution >= 0.6 is 0 Å². The summed E-state index contributed by atoms with van der Waals surface area (Å²) in [6.45, 7) is 0. The fraction of sp³-hybridized carbons (Fsp3) is 0. The van der Waals surface area contributed by atoms with Crippen LogP contribution in [0.25, 0.3) is 0 Å². The van der Waals surface area contributed by atoms with Gasteiger partial charge in [-0.3, -0.25) is 19.4 Å². The summed E-state index contributed by atoms with van der Waals surface area (Å²) in [5.41, 5.74) is -2.12. The van der Waals surface area contributed by atoms with Crippen molar-refractivity contribution in [2.45, 2.75) is 0 Å². The Morgan fingerprint density at radius 1 is 1.06 bits per heavy atom. The van der Waals surface area contributed by atoms with Crippen molar-refractivity contribution in [2.75, 3.05) is 0 Å². The minimum atomic E-state index is -0.881. The van der Waals surface area contributed by atoms with Gasteiger partial charge >= 0.3 is 5.69 Å². The number of aromatic amines is 2. The van der Waals surface area contributed by atoms with Crippen LogP contribution in [0.4, 0.5) is 0 Å². The third-order valence-electron chi connectivity index (χ3n) is 2.36. The van der Waals surface area contributed by atoms with Crippen LogP contribution in [0.2, 0.25) is 0 Å². The molecule has 0 atom stereocenters. The molecule has 2 aromatic rings. The molecule has 6 heteroatoms. The minimum Gasteiger partial charge on any atom is -0.303 e. The second-order valence-electron chi connectivity index (χ2n) is 3.51. The third kappa shape index (κ3) is 2.03. The SMILES string of the molecule is O=Cc1c(C(=O)c2ccccc2)[nH]c(=O)[nH]c1=O. The van der Waals surface area contributed by atoms with Crippen molar-refractivity contribution in [3.63, 3.8) is 0 Å². The predicted molar refractivity (Wildman–Crippen MR) is 62.9 cm³/mol. The van der Waals surface area contributed by atoms with Gasteiger partial charge in [0.1, 0.15) is 11.3 Å². The molecule has 0 aliphatic heterocycles. The van der Waals surface area contributed by atoms with E-state index in [1.54, 1.807) is 18.2 Å². The molecule has 0 fully saturated rings. The number of hydrogen-bond acceptors (Lipinski definition) is 4. The Kier molecular flexibility index (Phi) is 3.01. The number of aromatic nitrogens is 2. The summed E-state index contributed by atoms with van der Waals surface area (Å²) in [4.78, 5) is 49.4. The van der Waals surface area contributed by atoms with Crippen molar-refractivity contribution in [2.24, 2.45) is 0 Å². The maximum atomic E-state index is 12.0. The fourth-order valence-electron chi connectivity index (χ4n) is 1.52. The van der Waals surface area contributed by atoms with E-state index < -0.39 is 17.0 Å². The standard InChI is InChI=1S/C12H8N2O4/c15-6-8-9(13-12(18)14-11(8)17)10(16)7-4-2-1-3-5-7/h1-6H,(H2,13,14,17,18). The zero-order valence-electron chi connectivity index (χ0n) is 9.10. The van der Waals surface area contributed by atoms with Gasteiger partial charge in [0, 0.05) is 5.56 Å². The average Bonchev–Trinajstić information content (AvgIpc) is 2.38. The van der Waals surface area contributed by atoms with Crippen LogP contribution in [0.1, 0.15) is 26.4 Å². The minimum absolute atomic E-state index is 0.241. The van der Waals surface area contributed by atoms with E-state index >= 15 is 0 Å². The molecule has 0 saturated carbocycles. The summed E-state index contributed by atoms with van der Waals surface area (Å²) < 4.78 is 0. The quantitative estimate of drug-likeness (QED) is 0.591. The summed E-state index contributed by atoms with van der Waals surface area (Å²) in [5, 5.41) is 0. The average molecular weight is 244 g/mol. The zero-order valence-corrected chi connectivity index (χ0v) is 9.10. The van der Waals surface area contributed by atoms with Crippen molar-refractivity contribution >= 4 is 12.1 Å². The van der Waals surface area contributed by atoms with Gasteiger partial charge < -0.3 is 4.98 Å². The van der Waals surface area contributed by atoms with E-state index in [2.05, 4.69) is 4.98 Å². The molecule has 1 aromatic carbocycles. The van der Waals surface area contributed by atoms with E-state index in [4.69, 9.17) is 0 Å². The lowest BCUT2D eigenvalue weighted by atomic mass is 10.1. The monoisotopic (exact) mass is 244 g/mol. The Bertz CT molecular complexity index is 713. The number of benzene rings is 1. The first kappa shape index (κ1) is 11.7. The summed E-state index contributed by atoms with van der Waals surface area (Å²) >= 11 is 0. The van der Waals surface area contributed by atoms with E-state index in [1.807, 2.05) is 4.98 Å². The lowest BCUT2D eigenvalue weighted by molar-refractivity contribution is 0.102. The van der Waals surface area contributed by atoms with Crippen LogP contribution in [0.15, 0.2) is 39.9 Å². The summed E-state index contributed by atoms with van der Waals surface area (Å²) in [7, 11) is 0. The van der Waals surface area contributed by atoms with Crippen molar-refractivity contribution < 1.29 is 9.59 Å². The molecule has 90 valence electrons. The largest absolute Gasteiger partial charge is 0.326 e. The molecular formula is C12H8N2O4. The predicted octanol–water partition coefficient (Wildman–Crippen LogP) is 0.107. The number of aldehydes is 1. The smallest absolute Gasteiger partial charge is 0.303 e. The van der Waals surface area contributed by atoms with Crippen LogP contribution in [0, 0.1) is 0 Å². The van der Waals surface area contributed by atoms with Crippen LogP contribution < -0.4 is 11.2 Å². The first-order valence-corrected chi connectivity index (χ1v) is 5.05. The lowest BCUT2D eigenvalue weighted by Crippen LogP contribution is -2.30. The number of ketones is 1. The molecule has 18 heavy (non-hydrogen) atoms. The summed E-state index contributed by atoms with van der Waals surface area (Å²) in [5.74, 6) is -0.582. The number of H-pyrrole nitrogens is 2. The maximum absolute atomic E-state index is 12.0. The van der Waals surface area contributed by atoms with Crippen LogP contribution in [0.3, 0.4) is 0 Å². The van der Waals surface area contributed by atoms with E-state index in [0.717, 1.165) is 0 Å². The van der Waals surface area contributed by atoms with Crippen LogP contribution in [-0.2, 0) is 0 Å². The van der Waals surface area contributed by atoms with Gasteiger partial charge in [-0.25, -0.2) is 4.79 Å². The molecular weight excluding hydrogens is 236 g/mol. The summed E-state index contributed by atoms with van der Waals surface area (Å²) in [6.07, 6.45) is 0.241. The maximum Gasteiger partial charge on any atom is 0.326 e.